The number of aliphatic hydroxyl groups excluding tert-OH is 1. The zero-order valence-corrected chi connectivity index (χ0v) is 14.6. The molecular formula is C18H33N3O2. The van der Waals surface area contributed by atoms with Gasteiger partial charge in [-0.3, -0.25) is 9.69 Å². The summed E-state index contributed by atoms with van der Waals surface area (Å²) in [5.74, 6) is 0.547. The Balaban J connectivity index is 0.000000268. The number of hydrogen-bond acceptors (Lipinski definition) is 4. The van der Waals surface area contributed by atoms with Gasteiger partial charge < -0.3 is 10.8 Å². The van der Waals surface area contributed by atoms with Crippen molar-refractivity contribution in [2.24, 2.45) is 16.6 Å². The van der Waals surface area contributed by atoms with Gasteiger partial charge in [-0.25, -0.2) is 4.99 Å². The molecule has 0 aromatic rings. The van der Waals surface area contributed by atoms with Gasteiger partial charge in [0.2, 0.25) is 0 Å². The van der Waals surface area contributed by atoms with Crippen molar-refractivity contribution in [2.45, 2.75) is 82.6 Å². The molecule has 132 valence electrons. The lowest BCUT2D eigenvalue weighted by Crippen LogP contribution is -2.45. The Morgan fingerprint density at radius 3 is 1.96 bits per heavy atom. The maximum atomic E-state index is 12.1. The average molecular weight is 323 g/mol. The molecule has 0 radical (unpaired) electrons. The zero-order chi connectivity index (χ0) is 16.7. The molecule has 3 N–H and O–H groups in total. The fraction of sp³-hybridized carbons (Fsp3) is 0.889. The minimum Gasteiger partial charge on any atom is -0.393 e. The number of rotatable bonds is 3. The van der Waals surface area contributed by atoms with E-state index in [0.29, 0.717) is 12.3 Å². The van der Waals surface area contributed by atoms with Gasteiger partial charge in [-0.15, -0.1) is 0 Å². The predicted octanol–water partition coefficient (Wildman–Crippen LogP) is 2.82. The smallest absolute Gasteiger partial charge is 0.259 e. The van der Waals surface area contributed by atoms with Crippen LogP contribution in [0.4, 0.5) is 0 Å². The third-order valence-corrected chi connectivity index (χ3v) is 5.49. The van der Waals surface area contributed by atoms with Gasteiger partial charge in [0.05, 0.1) is 6.61 Å². The lowest BCUT2D eigenvalue weighted by atomic mass is 9.79. The van der Waals surface area contributed by atoms with E-state index < -0.39 is 5.54 Å². The molecule has 1 heterocycles. The second-order valence-corrected chi connectivity index (χ2v) is 7.35. The van der Waals surface area contributed by atoms with E-state index in [-0.39, 0.29) is 18.5 Å². The first kappa shape index (κ1) is 18.2. The number of hydrogen-bond donors (Lipinski definition) is 2. The molecule has 3 aliphatic rings. The van der Waals surface area contributed by atoms with Crippen molar-refractivity contribution < 1.29 is 9.90 Å². The standard InChI is InChI=1S/C12H21N3O2.C6H12/c1-15-10(17)12(8-16,14-11(15)13)7-9-5-3-2-4-6-9;1-2-4-6-5-3-1/h9,16H,2-8H2,1H3,(H2,13,14);1-6H2. The third-order valence-electron chi connectivity index (χ3n) is 5.49. The normalized spacial score (nSPS) is 29.0. The Labute approximate surface area is 140 Å². The monoisotopic (exact) mass is 323 g/mol. The Bertz CT molecular complexity index is 403. The molecule has 5 heteroatoms. The largest absolute Gasteiger partial charge is 0.393 e. The topological polar surface area (TPSA) is 78.9 Å². The second kappa shape index (κ2) is 8.67. The Hall–Kier alpha value is -1.10. The van der Waals surface area contributed by atoms with E-state index in [1.54, 1.807) is 7.05 Å². The summed E-state index contributed by atoms with van der Waals surface area (Å²) in [6.45, 7) is -0.243. The fourth-order valence-electron chi connectivity index (χ4n) is 3.99. The van der Waals surface area contributed by atoms with Crippen LogP contribution in [0.3, 0.4) is 0 Å². The van der Waals surface area contributed by atoms with Gasteiger partial charge in [0.15, 0.2) is 11.5 Å². The molecule has 23 heavy (non-hydrogen) atoms. The summed E-state index contributed by atoms with van der Waals surface area (Å²) in [5.41, 5.74) is 4.67. The molecule has 1 unspecified atom stereocenters. The third kappa shape index (κ3) is 4.69. The molecule has 0 spiro atoms. The van der Waals surface area contributed by atoms with Crippen LogP contribution in [0.5, 0.6) is 0 Å². The van der Waals surface area contributed by atoms with Gasteiger partial charge in [0.25, 0.3) is 5.91 Å². The first-order chi connectivity index (χ1) is 11.1. The van der Waals surface area contributed by atoms with Gasteiger partial charge in [0.1, 0.15) is 0 Å². The number of carbonyl (C=O) groups is 1. The molecule has 1 aliphatic heterocycles. The Kier molecular flexibility index (Phi) is 6.88. The maximum Gasteiger partial charge on any atom is 0.259 e. The number of aliphatic hydroxyl groups is 1. The van der Waals surface area contributed by atoms with E-state index in [1.807, 2.05) is 0 Å². The number of guanidine groups is 1. The summed E-state index contributed by atoms with van der Waals surface area (Å²) in [4.78, 5) is 17.7. The van der Waals surface area contributed by atoms with Crippen molar-refractivity contribution in [3.8, 4) is 0 Å². The van der Waals surface area contributed by atoms with Crippen LogP contribution >= 0.6 is 0 Å². The van der Waals surface area contributed by atoms with Crippen LogP contribution in [0.1, 0.15) is 77.0 Å². The number of amides is 1. The van der Waals surface area contributed by atoms with Crippen LogP contribution in [-0.4, -0.2) is 41.1 Å². The number of nitrogens with two attached hydrogens (primary N) is 1. The molecule has 2 saturated carbocycles. The summed E-state index contributed by atoms with van der Waals surface area (Å²) in [5, 5.41) is 9.54. The van der Waals surface area contributed by atoms with Crippen LogP contribution in [0.2, 0.25) is 0 Å². The van der Waals surface area contributed by atoms with Crippen molar-refractivity contribution in [3.05, 3.63) is 0 Å². The molecular weight excluding hydrogens is 290 g/mol. The van der Waals surface area contributed by atoms with Crippen molar-refractivity contribution in [1.29, 1.82) is 0 Å². The second-order valence-electron chi connectivity index (χ2n) is 7.35. The molecule has 1 amide bonds. The van der Waals surface area contributed by atoms with Crippen LogP contribution in [0, 0.1) is 5.92 Å². The molecule has 0 saturated heterocycles. The molecule has 1 atom stereocenters. The molecule has 5 nitrogen and oxygen atoms in total. The van der Waals surface area contributed by atoms with E-state index in [2.05, 4.69) is 4.99 Å². The van der Waals surface area contributed by atoms with Crippen LogP contribution in [0.25, 0.3) is 0 Å². The van der Waals surface area contributed by atoms with Crippen molar-refractivity contribution in [2.75, 3.05) is 13.7 Å². The fourth-order valence-corrected chi connectivity index (χ4v) is 3.99. The summed E-state index contributed by atoms with van der Waals surface area (Å²) in [6.07, 6.45) is 15.6. The van der Waals surface area contributed by atoms with Gasteiger partial charge in [0, 0.05) is 7.05 Å². The van der Waals surface area contributed by atoms with Crippen molar-refractivity contribution in [3.63, 3.8) is 0 Å². The molecule has 0 bridgehead atoms. The summed E-state index contributed by atoms with van der Waals surface area (Å²) >= 11 is 0. The SMILES string of the molecule is C1CCCCC1.CN1C(=O)C(CO)(CC2CCCCC2)N=C1N. The van der Waals surface area contributed by atoms with Crippen molar-refractivity contribution >= 4 is 11.9 Å². The van der Waals surface area contributed by atoms with E-state index in [1.165, 1.54) is 62.7 Å². The first-order valence-electron chi connectivity index (χ1n) is 9.33. The summed E-state index contributed by atoms with van der Waals surface area (Å²) in [7, 11) is 1.61. The van der Waals surface area contributed by atoms with E-state index in [9.17, 15) is 9.90 Å². The van der Waals surface area contributed by atoms with E-state index in [4.69, 9.17) is 5.73 Å². The van der Waals surface area contributed by atoms with E-state index in [0.717, 1.165) is 12.8 Å². The van der Waals surface area contributed by atoms with Gasteiger partial charge in [-0.2, -0.15) is 0 Å². The number of carbonyl (C=O) groups excluding carboxylic acids is 1. The molecule has 2 fully saturated rings. The highest BCUT2D eigenvalue weighted by atomic mass is 16.3. The number of likely N-dealkylation sites (N-methyl/N-ethyl adjacent to an activating group) is 1. The molecule has 0 aromatic carbocycles. The summed E-state index contributed by atoms with van der Waals surface area (Å²) in [6, 6.07) is 0. The van der Waals surface area contributed by atoms with E-state index >= 15 is 0 Å². The minimum atomic E-state index is -0.999. The quantitative estimate of drug-likeness (QED) is 0.838. The van der Waals surface area contributed by atoms with Crippen molar-refractivity contribution in [1.82, 2.24) is 4.90 Å². The van der Waals surface area contributed by atoms with Gasteiger partial charge in [-0.1, -0.05) is 70.6 Å². The van der Waals surface area contributed by atoms with Crippen LogP contribution in [-0.2, 0) is 4.79 Å². The number of nitrogens with zero attached hydrogens (tertiary/aromatic N) is 2. The highest BCUT2D eigenvalue weighted by Crippen LogP contribution is 2.35. The maximum absolute atomic E-state index is 12.1. The lowest BCUT2D eigenvalue weighted by molar-refractivity contribution is -0.132. The number of aliphatic imine (C=N–C) groups is 1. The van der Waals surface area contributed by atoms with Gasteiger partial charge >= 0.3 is 0 Å². The highest BCUT2D eigenvalue weighted by molar-refractivity contribution is 6.06. The zero-order valence-electron chi connectivity index (χ0n) is 14.6. The highest BCUT2D eigenvalue weighted by Gasteiger charge is 2.47. The average Bonchev–Trinajstić information content (AvgIpc) is 2.82. The van der Waals surface area contributed by atoms with Crippen LogP contribution < -0.4 is 5.73 Å². The van der Waals surface area contributed by atoms with Gasteiger partial charge in [-0.05, 0) is 12.3 Å². The lowest BCUT2D eigenvalue weighted by Gasteiger charge is -2.29. The first-order valence-corrected chi connectivity index (χ1v) is 9.33. The predicted molar refractivity (Wildman–Crippen MR) is 93.1 cm³/mol. The Morgan fingerprint density at radius 2 is 1.57 bits per heavy atom. The Morgan fingerprint density at radius 1 is 1.09 bits per heavy atom. The molecule has 3 rings (SSSR count). The minimum absolute atomic E-state index is 0.164. The van der Waals surface area contributed by atoms with Crippen LogP contribution in [0.15, 0.2) is 4.99 Å². The molecule has 2 aliphatic carbocycles. The summed E-state index contributed by atoms with van der Waals surface area (Å²) < 4.78 is 0. The molecule has 0 aromatic heterocycles.